The van der Waals surface area contributed by atoms with E-state index in [1.807, 2.05) is 0 Å². The summed E-state index contributed by atoms with van der Waals surface area (Å²) in [4.78, 5) is 23.8. The fraction of sp³-hybridized carbons (Fsp3) is 0.778. The van der Waals surface area contributed by atoms with Gasteiger partial charge in [-0.2, -0.15) is 0 Å². The second-order valence-corrected chi connectivity index (χ2v) is 6.10. The molecule has 6 heteroatoms. The number of ether oxygens (including phenoxy) is 2. The monoisotopic (exact) mass is 344 g/mol. The van der Waals surface area contributed by atoms with E-state index in [4.69, 9.17) is 14.6 Å². The Bertz CT molecular complexity index is 376. The van der Waals surface area contributed by atoms with E-state index in [1.165, 1.54) is 13.8 Å². The minimum Gasteiger partial charge on any atom is -0.463 e. The highest BCUT2D eigenvalue weighted by Crippen LogP contribution is 2.17. The van der Waals surface area contributed by atoms with Crippen molar-refractivity contribution in [2.24, 2.45) is 5.92 Å². The smallest absolute Gasteiger partial charge is 0.309 e. The molecule has 3 unspecified atom stereocenters. The molecule has 0 aliphatic heterocycles. The number of rotatable bonds is 13. The SMILES string of the molecule is CCC/C=C/CCCC(CC(=O)OCC(C)O)C(=O)OCC(C)O. The molecule has 0 aromatic rings. The van der Waals surface area contributed by atoms with Crippen LogP contribution in [0.3, 0.4) is 0 Å². The van der Waals surface area contributed by atoms with Crippen molar-refractivity contribution < 1.29 is 29.3 Å². The maximum atomic E-state index is 12.1. The van der Waals surface area contributed by atoms with Crippen molar-refractivity contribution in [3.8, 4) is 0 Å². The average Bonchev–Trinajstić information content (AvgIpc) is 2.52. The van der Waals surface area contributed by atoms with E-state index in [0.717, 1.165) is 25.7 Å². The summed E-state index contributed by atoms with van der Waals surface area (Å²) >= 11 is 0. The number of allylic oxidation sites excluding steroid dienone is 2. The average molecular weight is 344 g/mol. The number of carbonyl (C=O) groups is 2. The van der Waals surface area contributed by atoms with Crippen LogP contribution >= 0.6 is 0 Å². The lowest BCUT2D eigenvalue weighted by molar-refractivity contribution is -0.158. The summed E-state index contributed by atoms with van der Waals surface area (Å²) in [6.45, 7) is 4.97. The van der Waals surface area contributed by atoms with Gasteiger partial charge in [0.05, 0.1) is 24.5 Å². The summed E-state index contributed by atoms with van der Waals surface area (Å²) in [5.74, 6) is -1.62. The Morgan fingerprint density at radius 2 is 1.58 bits per heavy atom. The van der Waals surface area contributed by atoms with Crippen LogP contribution in [0.25, 0.3) is 0 Å². The van der Waals surface area contributed by atoms with E-state index in [2.05, 4.69) is 19.1 Å². The molecule has 0 spiro atoms. The summed E-state index contributed by atoms with van der Waals surface area (Å²) in [7, 11) is 0. The Morgan fingerprint density at radius 1 is 1.00 bits per heavy atom. The minimum absolute atomic E-state index is 0.0793. The predicted molar refractivity (Wildman–Crippen MR) is 91.3 cm³/mol. The van der Waals surface area contributed by atoms with Gasteiger partial charge in [0, 0.05) is 0 Å². The maximum absolute atomic E-state index is 12.1. The van der Waals surface area contributed by atoms with E-state index in [1.54, 1.807) is 0 Å². The number of aliphatic hydroxyl groups is 2. The number of carbonyl (C=O) groups excluding carboxylic acids is 2. The van der Waals surface area contributed by atoms with Gasteiger partial charge in [0.1, 0.15) is 13.2 Å². The van der Waals surface area contributed by atoms with Crippen LogP contribution in [0.4, 0.5) is 0 Å². The highest BCUT2D eigenvalue weighted by Gasteiger charge is 2.24. The van der Waals surface area contributed by atoms with Gasteiger partial charge in [0.2, 0.25) is 0 Å². The molecule has 0 aromatic carbocycles. The Labute approximate surface area is 144 Å². The van der Waals surface area contributed by atoms with E-state index in [-0.39, 0.29) is 19.6 Å². The molecule has 0 radical (unpaired) electrons. The van der Waals surface area contributed by atoms with E-state index in [9.17, 15) is 14.7 Å². The van der Waals surface area contributed by atoms with Crippen molar-refractivity contribution in [2.75, 3.05) is 13.2 Å². The lowest BCUT2D eigenvalue weighted by atomic mass is 9.98. The first-order valence-electron chi connectivity index (χ1n) is 8.70. The van der Waals surface area contributed by atoms with Gasteiger partial charge in [0.15, 0.2) is 0 Å². The van der Waals surface area contributed by atoms with Crippen molar-refractivity contribution >= 4 is 11.9 Å². The van der Waals surface area contributed by atoms with Crippen LogP contribution in [-0.2, 0) is 19.1 Å². The summed E-state index contributed by atoms with van der Waals surface area (Å²) in [5.41, 5.74) is 0. The quantitative estimate of drug-likeness (QED) is 0.303. The molecule has 2 N–H and O–H groups in total. The van der Waals surface area contributed by atoms with Crippen molar-refractivity contribution in [3.05, 3.63) is 12.2 Å². The zero-order valence-electron chi connectivity index (χ0n) is 15.1. The van der Waals surface area contributed by atoms with Gasteiger partial charge in [-0.05, 0) is 39.5 Å². The van der Waals surface area contributed by atoms with Crippen molar-refractivity contribution in [3.63, 3.8) is 0 Å². The molecule has 0 aliphatic rings. The Balaban J connectivity index is 4.41. The first kappa shape index (κ1) is 22.6. The second-order valence-electron chi connectivity index (χ2n) is 6.10. The number of hydrogen-bond donors (Lipinski definition) is 2. The lowest BCUT2D eigenvalue weighted by Crippen LogP contribution is -2.26. The third kappa shape index (κ3) is 13.1. The zero-order chi connectivity index (χ0) is 18.4. The number of hydrogen-bond acceptors (Lipinski definition) is 6. The highest BCUT2D eigenvalue weighted by atomic mass is 16.5. The third-order valence-electron chi connectivity index (χ3n) is 3.24. The standard InChI is InChI=1S/C18H32O6/c1-4-5-6-7-8-9-10-16(18(22)24-13-15(3)20)11-17(21)23-12-14(2)19/h6-7,14-16,19-20H,4-5,8-13H2,1-3H3/b7-6+. The Kier molecular flexibility index (Phi) is 13.2. The fourth-order valence-corrected chi connectivity index (χ4v) is 1.98. The molecule has 0 rings (SSSR count). The second kappa shape index (κ2) is 14.0. The van der Waals surface area contributed by atoms with E-state index in [0.29, 0.717) is 6.42 Å². The van der Waals surface area contributed by atoms with Crippen LogP contribution in [-0.4, -0.2) is 47.6 Å². The van der Waals surface area contributed by atoms with Crippen molar-refractivity contribution in [1.29, 1.82) is 0 Å². The number of esters is 2. The molecule has 0 aromatic heterocycles. The summed E-state index contributed by atoms with van der Waals surface area (Å²) in [6.07, 6.45) is 6.87. The Hall–Kier alpha value is -1.40. The van der Waals surface area contributed by atoms with Gasteiger partial charge in [-0.15, -0.1) is 0 Å². The molecule has 0 fully saturated rings. The zero-order valence-corrected chi connectivity index (χ0v) is 15.1. The maximum Gasteiger partial charge on any atom is 0.309 e. The summed E-state index contributed by atoms with van der Waals surface area (Å²) < 4.78 is 9.93. The predicted octanol–water partition coefficient (Wildman–Crippen LogP) is 2.37. The Morgan fingerprint density at radius 3 is 2.17 bits per heavy atom. The molecule has 0 saturated carbocycles. The summed E-state index contributed by atoms with van der Waals surface area (Å²) in [6, 6.07) is 0. The van der Waals surface area contributed by atoms with Crippen LogP contribution < -0.4 is 0 Å². The topological polar surface area (TPSA) is 93.1 Å². The van der Waals surface area contributed by atoms with Crippen molar-refractivity contribution in [2.45, 2.75) is 71.5 Å². The third-order valence-corrected chi connectivity index (χ3v) is 3.24. The molecule has 6 nitrogen and oxygen atoms in total. The van der Waals surface area contributed by atoms with Gasteiger partial charge >= 0.3 is 11.9 Å². The molecule has 140 valence electrons. The van der Waals surface area contributed by atoms with Gasteiger partial charge in [0.25, 0.3) is 0 Å². The van der Waals surface area contributed by atoms with Crippen LogP contribution in [0.2, 0.25) is 0 Å². The van der Waals surface area contributed by atoms with Gasteiger partial charge in [-0.3, -0.25) is 9.59 Å². The highest BCUT2D eigenvalue weighted by molar-refractivity contribution is 5.79. The molecule has 24 heavy (non-hydrogen) atoms. The van der Waals surface area contributed by atoms with Gasteiger partial charge in [-0.25, -0.2) is 0 Å². The van der Waals surface area contributed by atoms with Crippen LogP contribution in [0.1, 0.15) is 59.3 Å². The molecular weight excluding hydrogens is 312 g/mol. The van der Waals surface area contributed by atoms with E-state index >= 15 is 0 Å². The molecule has 3 atom stereocenters. The lowest BCUT2D eigenvalue weighted by Gasteiger charge is -2.16. The van der Waals surface area contributed by atoms with Gasteiger partial charge in [-0.1, -0.05) is 25.5 Å². The largest absolute Gasteiger partial charge is 0.463 e. The van der Waals surface area contributed by atoms with E-state index < -0.39 is 30.1 Å². The first-order valence-corrected chi connectivity index (χ1v) is 8.70. The molecule has 0 amide bonds. The first-order chi connectivity index (χ1) is 11.4. The minimum atomic E-state index is -0.742. The number of aliphatic hydroxyl groups excluding tert-OH is 2. The summed E-state index contributed by atoms with van der Waals surface area (Å²) in [5, 5.41) is 18.3. The van der Waals surface area contributed by atoms with Crippen LogP contribution in [0.5, 0.6) is 0 Å². The molecule has 0 heterocycles. The van der Waals surface area contributed by atoms with Crippen molar-refractivity contribution in [1.82, 2.24) is 0 Å². The van der Waals surface area contributed by atoms with Gasteiger partial charge < -0.3 is 19.7 Å². The molecular formula is C18H32O6. The fourth-order valence-electron chi connectivity index (χ4n) is 1.98. The molecule has 0 aliphatic carbocycles. The number of unbranched alkanes of at least 4 members (excludes halogenated alkanes) is 2. The normalized spacial score (nSPS) is 15.0. The van der Waals surface area contributed by atoms with Crippen LogP contribution in [0.15, 0.2) is 12.2 Å². The van der Waals surface area contributed by atoms with Crippen LogP contribution in [0, 0.1) is 5.92 Å². The molecule has 0 bridgehead atoms. The molecule has 0 saturated heterocycles.